The first kappa shape index (κ1) is 6.56. The van der Waals surface area contributed by atoms with Gasteiger partial charge in [-0.05, 0) is 0 Å². The van der Waals surface area contributed by atoms with E-state index in [1.54, 1.807) is 0 Å². The standard InChI is InChI=1S/C5H12As/c1-4-5-6(2)3/h1,4-5H2,2-3H3. The van der Waals surface area contributed by atoms with Crippen molar-refractivity contribution in [2.45, 2.75) is 23.1 Å². The van der Waals surface area contributed by atoms with Gasteiger partial charge in [0.2, 0.25) is 0 Å². The summed E-state index contributed by atoms with van der Waals surface area (Å²) in [5.74, 6) is 0. The molecule has 0 bridgehead atoms. The van der Waals surface area contributed by atoms with E-state index < -0.39 is 0 Å². The van der Waals surface area contributed by atoms with Gasteiger partial charge in [0, 0.05) is 0 Å². The van der Waals surface area contributed by atoms with Crippen LogP contribution in [0.2, 0.25) is 16.6 Å². The van der Waals surface area contributed by atoms with Crippen LogP contribution in [0.3, 0.4) is 0 Å². The van der Waals surface area contributed by atoms with Gasteiger partial charge in [-0.15, -0.1) is 0 Å². The molecule has 1 heteroatoms. The van der Waals surface area contributed by atoms with Crippen molar-refractivity contribution >= 4 is 14.7 Å². The van der Waals surface area contributed by atoms with E-state index in [1.165, 1.54) is 5.21 Å². The van der Waals surface area contributed by atoms with Gasteiger partial charge in [0.15, 0.2) is 0 Å². The molecule has 0 heterocycles. The van der Waals surface area contributed by atoms with Crippen LogP contribution in [-0.4, -0.2) is 14.7 Å². The molecule has 0 aromatic rings. The van der Waals surface area contributed by atoms with Crippen molar-refractivity contribution in [3.63, 3.8) is 0 Å². The summed E-state index contributed by atoms with van der Waals surface area (Å²) in [5, 5.41) is 1.41. The van der Waals surface area contributed by atoms with E-state index in [9.17, 15) is 0 Å². The zero-order valence-corrected chi connectivity index (χ0v) is 6.45. The molecule has 0 atom stereocenters. The summed E-state index contributed by atoms with van der Waals surface area (Å²) in [6.45, 7) is 3.76. The van der Waals surface area contributed by atoms with E-state index in [2.05, 4.69) is 18.3 Å². The van der Waals surface area contributed by atoms with Gasteiger partial charge in [-0.3, -0.25) is 0 Å². The third-order valence-corrected chi connectivity index (χ3v) is 3.15. The predicted molar refractivity (Wildman–Crippen MR) is 32.3 cm³/mol. The Morgan fingerprint density at radius 3 is 2.00 bits per heavy atom. The van der Waals surface area contributed by atoms with Gasteiger partial charge >= 0.3 is 44.6 Å². The molecule has 0 aromatic carbocycles. The molecule has 0 rings (SSSR count). The molecule has 0 fully saturated rings. The fraction of sp³-hybridized carbons (Fsp3) is 0.800. The Balaban J connectivity index is 2.63. The van der Waals surface area contributed by atoms with Gasteiger partial charge in [0.05, 0.1) is 0 Å². The maximum atomic E-state index is 3.76. The van der Waals surface area contributed by atoms with Gasteiger partial charge in [-0.25, -0.2) is 0 Å². The molecule has 1 radical (unpaired) electrons. The summed E-state index contributed by atoms with van der Waals surface area (Å²) in [6.07, 6.45) is 1.15. The van der Waals surface area contributed by atoms with Gasteiger partial charge in [-0.2, -0.15) is 0 Å². The summed E-state index contributed by atoms with van der Waals surface area (Å²) < 4.78 is 0. The van der Waals surface area contributed by atoms with Crippen molar-refractivity contribution in [2.24, 2.45) is 0 Å². The normalized spacial score (nSPS) is 10.0. The summed E-state index contributed by atoms with van der Waals surface area (Å²) in [5.41, 5.74) is 4.72. The van der Waals surface area contributed by atoms with E-state index >= 15 is 0 Å². The molecule has 6 heavy (non-hydrogen) atoms. The molecule has 0 saturated heterocycles. The minimum atomic E-state index is -0.286. The Bertz CT molecular complexity index is 25.1. The van der Waals surface area contributed by atoms with Crippen molar-refractivity contribution < 1.29 is 0 Å². The molecular weight excluding hydrogens is 135 g/mol. The third-order valence-electron chi connectivity index (χ3n) is 0.605. The second-order valence-corrected chi connectivity index (χ2v) is 7.13. The van der Waals surface area contributed by atoms with Crippen molar-refractivity contribution in [3.8, 4) is 0 Å². The zero-order chi connectivity index (χ0) is 4.99. The van der Waals surface area contributed by atoms with Crippen molar-refractivity contribution in [3.05, 3.63) is 6.92 Å². The average Bonchev–Trinajstić information content (AvgIpc) is 1.35. The van der Waals surface area contributed by atoms with Gasteiger partial charge in [-0.1, -0.05) is 0 Å². The summed E-state index contributed by atoms with van der Waals surface area (Å²) >= 11 is -0.286. The zero-order valence-electron chi connectivity index (χ0n) is 4.57. The molecule has 0 unspecified atom stereocenters. The molecule has 0 amide bonds. The molecular formula is C5H12As. The van der Waals surface area contributed by atoms with E-state index in [1.807, 2.05) is 0 Å². The minimum absolute atomic E-state index is 0.286. The molecule has 0 spiro atoms. The summed E-state index contributed by atoms with van der Waals surface area (Å²) in [4.78, 5) is 0. The van der Waals surface area contributed by atoms with Crippen LogP contribution in [-0.2, 0) is 0 Å². The molecule has 0 aromatic heterocycles. The fourth-order valence-corrected chi connectivity index (χ4v) is 1.64. The second-order valence-electron chi connectivity index (χ2n) is 1.66. The van der Waals surface area contributed by atoms with Crippen LogP contribution in [0.15, 0.2) is 0 Å². The van der Waals surface area contributed by atoms with Crippen molar-refractivity contribution in [2.75, 3.05) is 0 Å². The second kappa shape index (κ2) is 3.74. The molecule has 37 valence electrons. The monoisotopic (exact) mass is 147 g/mol. The quantitative estimate of drug-likeness (QED) is 0.524. The van der Waals surface area contributed by atoms with Crippen LogP contribution >= 0.6 is 0 Å². The average molecular weight is 147 g/mol. The van der Waals surface area contributed by atoms with Gasteiger partial charge < -0.3 is 0 Å². The Morgan fingerprint density at radius 2 is 2.00 bits per heavy atom. The van der Waals surface area contributed by atoms with Crippen LogP contribution in [0.25, 0.3) is 0 Å². The number of rotatable bonds is 2. The van der Waals surface area contributed by atoms with Crippen molar-refractivity contribution in [1.82, 2.24) is 0 Å². The Hall–Kier alpha value is 0.558. The van der Waals surface area contributed by atoms with E-state index in [0.29, 0.717) is 0 Å². The first-order chi connectivity index (χ1) is 2.77. The van der Waals surface area contributed by atoms with Crippen LogP contribution in [0.5, 0.6) is 0 Å². The Labute approximate surface area is 45.2 Å². The number of hydrogen-bond acceptors (Lipinski definition) is 0. The SMILES string of the molecule is [CH2]CC[As](C)C. The molecule has 0 saturated carbocycles. The summed E-state index contributed by atoms with van der Waals surface area (Å²) in [7, 11) is 0. The van der Waals surface area contributed by atoms with Crippen LogP contribution in [0.4, 0.5) is 0 Å². The van der Waals surface area contributed by atoms with Crippen LogP contribution in [0, 0.1) is 6.92 Å². The van der Waals surface area contributed by atoms with Crippen LogP contribution in [0.1, 0.15) is 6.42 Å². The predicted octanol–water partition coefficient (Wildman–Crippen LogP) is 1.96. The molecule has 0 nitrogen and oxygen atoms in total. The van der Waals surface area contributed by atoms with E-state index in [-0.39, 0.29) is 14.7 Å². The molecule has 0 aliphatic rings. The number of hydrogen-bond donors (Lipinski definition) is 0. The Kier molecular flexibility index (Phi) is 4.09. The topological polar surface area (TPSA) is 0 Å². The molecule has 0 aliphatic heterocycles. The van der Waals surface area contributed by atoms with Crippen LogP contribution < -0.4 is 0 Å². The first-order valence-electron chi connectivity index (χ1n) is 2.21. The fourth-order valence-electron chi connectivity index (χ4n) is 0.316. The maximum absolute atomic E-state index is 3.76. The van der Waals surface area contributed by atoms with Gasteiger partial charge in [0.25, 0.3) is 0 Å². The van der Waals surface area contributed by atoms with Crippen molar-refractivity contribution in [1.29, 1.82) is 0 Å². The van der Waals surface area contributed by atoms with E-state index in [0.717, 1.165) is 6.42 Å². The first-order valence-corrected chi connectivity index (χ1v) is 7.29. The molecule has 0 aliphatic carbocycles. The molecule has 0 N–H and O–H groups in total. The summed E-state index contributed by atoms with van der Waals surface area (Å²) in [6, 6.07) is 0. The van der Waals surface area contributed by atoms with Gasteiger partial charge in [0.1, 0.15) is 0 Å². The Morgan fingerprint density at radius 1 is 1.50 bits per heavy atom. The third kappa shape index (κ3) is 4.56. The van der Waals surface area contributed by atoms with E-state index in [4.69, 9.17) is 0 Å².